The van der Waals surface area contributed by atoms with Gasteiger partial charge in [-0.25, -0.2) is 9.97 Å². The maximum absolute atomic E-state index is 13.1. The standard InChI is InChI=1S/C21H27N7O4/c1-21(31)10-12(6-8-29)17(21)27-19(30)13-11-24-28-16(22-2)9-15(26-18(13)28)25-14-5-4-7-23-20(14)32-3/h4-5,7,9,11-12,17,22,29,31H,6,8,10H2,1-3H3,(H,25,26)(H,27,30)/t12?,17?,21-/m1/s1. The Morgan fingerprint density at radius 3 is 2.94 bits per heavy atom. The third kappa shape index (κ3) is 3.92. The molecule has 0 radical (unpaired) electrons. The normalized spacial score (nSPS) is 22.3. The van der Waals surface area contributed by atoms with Crippen LogP contribution in [0.2, 0.25) is 0 Å². The summed E-state index contributed by atoms with van der Waals surface area (Å²) in [6, 6.07) is 4.87. The molecule has 0 saturated heterocycles. The Bertz CT molecular complexity index is 1130. The fourth-order valence-corrected chi connectivity index (χ4v) is 4.20. The number of anilines is 3. The van der Waals surface area contributed by atoms with E-state index in [4.69, 9.17) is 4.74 Å². The molecule has 0 aliphatic heterocycles. The van der Waals surface area contributed by atoms with Crippen LogP contribution in [0.4, 0.5) is 17.3 Å². The predicted molar refractivity (Wildman–Crippen MR) is 118 cm³/mol. The van der Waals surface area contributed by atoms with Gasteiger partial charge in [-0.15, -0.1) is 0 Å². The van der Waals surface area contributed by atoms with Crippen molar-refractivity contribution in [1.29, 1.82) is 0 Å². The molecule has 3 aromatic heterocycles. The van der Waals surface area contributed by atoms with Crippen LogP contribution >= 0.6 is 0 Å². The maximum Gasteiger partial charge on any atom is 0.257 e. The Morgan fingerprint density at radius 2 is 2.25 bits per heavy atom. The molecule has 3 heterocycles. The van der Waals surface area contributed by atoms with Crippen molar-refractivity contribution < 1.29 is 19.7 Å². The second-order valence-corrected chi connectivity index (χ2v) is 8.04. The fraction of sp³-hybridized carbons (Fsp3) is 0.429. The van der Waals surface area contributed by atoms with Gasteiger partial charge >= 0.3 is 0 Å². The molecule has 1 aliphatic rings. The Balaban J connectivity index is 1.65. The summed E-state index contributed by atoms with van der Waals surface area (Å²) in [5, 5.41) is 33.2. The van der Waals surface area contributed by atoms with Gasteiger partial charge in [0.15, 0.2) is 5.65 Å². The molecule has 3 atom stereocenters. The van der Waals surface area contributed by atoms with E-state index < -0.39 is 17.6 Å². The lowest BCUT2D eigenvalue weighted by Crippen LogP contribution is -2.64. The van der Waals surface area contributed by atoms with Crippen LogP contribution in [0.15, 0.2) is 30.6 Å². The highest BCUT2D eigenvalue weighted by molar-refractivity contribution is 6.00. The van der Waals surface area contributed by atoms with Crippen LogP contribution in [-0.4, -0.2) is 68.1 Å². The monoisotopic (exact) mass is 441 g/mol. The lowest BCUT2D eigenvalue weighted by Gasteiger charge is -2.50. The Labute approximate surface area is 184 Å². The van der Waals surface area contributed by atoms with Crippen molar-refractivity contribution in [3.05, 3.63) is 36.2 Å². The third-order valence-corrected chi connectivity index (χ3v) is 5.80. The minimum absolute atomic E-state index is 0.00372. The number of aromatic nitrogens is 4. The number of aliphatic hydroxyl groups excluding tert-OH is 1. The number of ether oxygens (including phenoxy) is 1. The minimum Gasteiger partial charge on any atom is -0.480 e. The predicted octanol–water partition coefficient (Wildman–Crippen LogP) is 1.17. The molecule has 1 fully saturated rings. The third-order valence-electron chi connectivity index (χ3n) is 5.80. The van der Waals surface area contributed by atoms with E-state index >= 15 is 0 Å². The number of carbonyl (C=O) groups excluding carboxylic acids is 1. The number of rotatable bonds is 8. The number of amides is 1. The fourth-order valence-electron chi connectivity index (χ4n) is 4.20. The van der Waals surface area contributed by atoms with E-state index in [1.54, 1.807) is 38.4 Å². The van der Waals surface area contributed by atoms with E-state index in [0.29, 0.717) is 41.7 Å². The van der Waals surface area contributed by atoms with Crippen molar-refractivity contribution in [1.82, 2.24) is 24.9 Å². The first-order valence-electron chi connectivity index (χ1n) is 10.3. The van der Waals surface area contributed by atoms with Crippen LogP contribution in [0, 0.1) is 5.92 Å². The van der Waals surface area contributed by atoms with Crippen LogP contribution in [-0.2, 0) is 0 Å². The molecule has 11 heteroatoms. The van der Waals surface area contributed by atoms with Gasteiger partial charge in [0.25, 0.3) is 5.91 Å². The molecule has 0 bridgehead atoms. The summed E-state index contributed by atoms with van der Waals surface area (Å²) >= 11 is 0. The van der Waals surface area contributed by atoms with Gasteiger partial charge in [-0.3, -0.25) is 4.79 Å². The van der Waals surface area contributed by atoms with Crippen LogP contribution in [0.3, 0.4) is 0 Å². The van der Waals surface area contributed by atoms with Crippen LogP contribution in [0.25, 0.3) is 5.65 Å². The van der Waals surface area contributed by atoms with Gasteiger partial charge in [-0.1, -0.05) is 0 Å². The molecule has 0 aromatic carbocycles. The number of carbonyl (C=O) groups is 1. The van der Waals surface area contributed by atoms with Crippen LogP contribution < -0.4 is 20.7 Å². The molecule has 5 N–H and O–H groups in total. The molecule has 1 amide bonds. The van der Waals surface area contributed by atoms with E-state index in [1.807, 2.05) is 0 Å². The lowest BCUT2D eigenvalue weighted by atomic mass is 9.65. The average Bonchev–Trinajstić information content (AvgIpc) is 3.21. The van der Waals surface area contributed by atoms with Crippen molar-refractivity contribution in [2.45, 2.75) is 31.4 Å². The second kappa shape index (κ2) is 8.60. The summed E-state index contributed by atoms with van der Waals surface area (Å²) in [7, 11) is 3.28. The molecular weight excluding hydrogens is 414 g/mol. The summed E-state index contributed by atoms with van der Waals surface area (Å²) in [5.41, 5.74) is 0.217. The number of aliphatic hydroxyl groups is 2. The smallest absolute Gasteiger partial charge is 0.257 e. The first-order chi connectivity index (χ1) is 15.4. The summed E-state index contributed by atoms with van der Waals surface area (Å²) in [4.78, 5) is 21.8. The second-order valence-electron chi connectivity index (χ2n) is 8.04. The quantitative estimate of drug-likeness (QED) is 0.348. The van der Waals surface area contributed by atoms with Gasteiger partial charge in [-0.2, -0.15) is 9.61 Å². The van der Waals surface area contributed by atoms with Gasteiger partial charge in [0.2, 0.25) is 5.88 Å². The highest BCUT2D eigenvalue weighted by Gasteiger charge is 2.50. The SMILES string of the molecule is CNc1cc(Nc2cccnc2OC)nc2c(C(=O)NC3C(CCO)C[C@@]3(C)O)cnn12. The van der Waals surface area contributed by atoms with Crippen LogP contribution in [0.1, 0.15) is 30.1 Å². The Kier molecular flexibility index (Phi) is 5.85. The lowest BCUT2D eigenvalue weighted by molar-refractivity contribution is -0.0965. The minimum atomic E-state index is -1.02. The zero-order valence-electron chi connectivity index (χ0n) is 18.2. The summed E-state index contributed by atoms with van der Waals surface area (Å²) in [6.45, 7) is 1.69. The maximum atomic E-state index is 13.1. The zero-order chi connectivity index (χ0) is 22.9. The Morgan fingerprint density at radius 1 is 1.44 bits per heavy atom. The number of methoxy groups -OCH3 is 1. The van der Waals surface area contributed by atoms with Crippen molar-refractivity contribution >= 4 is 28.9 Å². The highest BCUT2D eigenvalue weighted by atomic mass is 16.5. The number of fused-ring (bicyclic) bond motifs is 1. The van der Waals surface area contributed by atoms with Crippen LogP contribution in [0.5, 0.6) is 5.88 Å². The van der Waals surface area contributed by atoms with Crippen molar-refractivity contribution in [3.63, 3.8) is 0 Å². The molecule has 0 spiro atoms. The molecule has 11 nitrogen and oxygen atoms in total. The highest BCUT2D eigenvalue weighted by Crippen LogP contribution is 2.40. The largest absolute Gasteiger partial charge is 0.480 e. The first kappa shape index (κ1) is 21.8. The van der Waals surface area contributed by atoms with E-state index in [2.05, 4.69) is 31.0 Å². The summed E-state index contributed by atoms with van der Waals surface area (Å²) in [6.07, 6.45) is 4.11. The number of nitrogens with zero attached hydrogens (tertiary/aromatic N) is 4. The van der Waals surface area contributed by atoms with Gasteiger partial charge in [-0.05, 0) is 37.8 Å². The zero-order valence-corrected chi connectivity index (χ0v) is 18.2. The van der Waals surface area contributed by atoms with Gasteiger partial charge in [0.1, 0.15) is 22.9 Å². The number of hydrogen-bond donors (Lipinski definition) is 5. The van der Waals surface area contributed by atoms with E-state index in [1.165, 1.54) is 17.8 Å². The summed E-state index contributed by atoms with van der Waals surface area (Å²) in [5.74, 6) is 1.12. The molecular formula is C21H27N7O4. The Hall–Kier alpha value is -3.44. The summed E-state index contributed by atoms with van der Waals surface area (Å²) < 4.78 is 6.81. The van der Waals surface area contributed by atoms with Gasteiger partial charge in [0, 0.05) is 25.9 Å². The van der Waals surface area contributed by atoms with Gasteiger partial charge < -0.3 is 30.9 Å². The van der Waals surface area contributed by atoms with Gasteiger partial charge in [0.05, 0.1) is 24.9 Å². The molecule has 1 aliphatic carbocycles. The average molecular weight is 441 g/mol. The number of nitrogens with one attached hydrogen (secondary N) is 3. The van der Waals surface area contributed by atoms with E-state index in [-0.39, 0.29) is 18.1 Å². The number of hydrogen-bond acceptors (Lipinski definition) is 9. The molecule has 4 rings (SSSR count). The van der Waals surface area contributed by atoms with Crippen molar-refractivity contribution in [2.24, 2.45) is 5.92 Å². The van der Waals surface area contributed by atoms with E-state index in [0.717, 1.165) is 0 Å². The van der Waals surface area contributed by atoms with E-state index in [9.17, 15) is 15.0 Å². The first-order valence-corrected chi connectivity index (χ1v) is 10.3. The molecule has 170 valence electrons. The van der Waals surface area contributed by atoms with Crippen molar-refractivity contribution in [3.8, 4) is 5.88 Å². The topological polar surface area (TPSA) is 146 Å². The molecule has 3 aromatic rings. The van der Waals surface area contributed by atoms with Crippen molar-refractivity contribution in [2.75, 3.05) is 31.4 Å². The molecule has 2 unspecified atom stereocenters. The molecule has 1 saturated carbocycles. The molecule has 32 heavy (non-hydrogen) atoms. The number of pyridine rings is 1.